The maximum absolute atomic E-state index is 13.8. The predicted octanol–water partition coefficient (Wildman–Crippen LogP) is 8.25. The van der Waals surface area contributed by atoms with Gasteiger partial charge in [0, 0.05) is 56.2 Å². The van der Waals surface area contributed by atoms with Crippen molar-refractivity contribution < 1.29 is 44.3 Å². The topological polar surface area (TPSA) is 152 Å². The van der Waals surface area contributed by atoms with Crippen molar-refractivity contribution in [2.75, 3.05) is 43.5 Å². The summed E-state index contributed by atoms with van der Waals surface area (Å²) in [4.78, 5) is 11.4. The van der Waals surface area contributed by atoms with Crippen molar-refractivity contribution in [2.24, 2.45) is 5.92 Å². The fraction of sp³-hybridized carbons (Fsp3) is 0.244. The molecule has 1 heterocycles. The fourth-order valence-corrected chi connectivity index (χ4v) is 8.38. The normalized spacial score (nSPS) is 13.8. The second kappa shape index (κ2) is 18.6. The number of amides is 1. The van der Waals surface area contributed by atoms with E-state index in [9.17, 15) is 34.8 Å². The number of nitrogens with one attached hydrogen (secondary N) is 4. The molecule has 5 aromatic rings. The number of carbonyl (C=O) groups is 1. The van der Waals surface area contributed by atoms with Crippen molar-refractivity contribution >= 4 is 48.7 Å². The number of carbonyl (C=O) groups excluding carboxylic acids is 1. The van der Waals surface area contributed by atoms with Crippen LogP contribution in [0.1, 0.15) is 28.8 Å². The average molecular weight is 857 g/mol. The summed E-state index contributed by atoms with van der Waals surface area (Å²) in [5.74, 6) is -0.858. The molecule has 1 amide bonds. The lowest BCUT2D eigenvalue weighted by molar-refractivity contribution is -0.0435. The first-order chi connectivity index (χ1) is 27.7. The zero-order chi connectivity index (χ0) is 41.3. The Morgan fingerprint density at radius 3 is 2.24 bits per heavy atom. The third kappa shape index (κ3) is 10.7. The minimum Gasteiger partial charge on any atom is -0.456 e. The number of halogens is 4. The van der Waals surface area contributed by atoms with Gasteiger partial charge in [-0.15, -0.1) is 0 Å². The SMILES string of the molecule is O=C(NS(=O)(=O)c1ccc(NCC2CCOCC2)c(S(=O)(=O)C(F)(F)F)c1)c1ccc(NCCNCc2ccccc2-c2ccc(Cl)cc2)cc1Oc1ccccc1. The number of hydrogen-bond acceptors (Lipinski definition) is 10. The average Bonchev–Trinajstić information content (AvgIpc) is 3.20. The van der Waals surface area contributed by atoms with Crippen LogP contribution in [-0.2, 0) is 31.1 Å². The van der Waals surface area contributed by atoms with Crippen LogP contribution in [0.3, 0.4) is 0 Å². The standard InChI is InChI=1S/C41H40ClF3N4O7S2/c42-31-12-10-29(11-13-31)35-9-5-4-6-30(35)27-46-20-21-47-32-14-16-36(38(24-32)56-33-7-2-1-3-8-33)40(50)49-58(53,54)34-15-17-37(48-26-28-18-22-55-23-19-28)39(25-34)57(51,52)41(43,44)45/h1-17,24-25,28,46-48H,18-23,26-27H2,(H,49,50). The third-order valence-electron chi connectivity index (χ3n) is 9.32. The molecule has 1 aliphatic rings. The molecule has 5 aromatic carbocycles. The van der Waals surface area contributed by atoms with Gasteiger partial charge in [0.05, 0.1) is 16.1 Å². The zero-order valence-corrected chi connectivity index (χ0v) is 33.3. The first-order valence-corrected chi connectivity index (χ1v) is 21.6. The molecule has 0 spiro atoms. The van der Waals surface area contributed by atoms with Crippen LogP contribution >= 0.6 is 11.6 Å². The van der Waals surface area contributed by atoms with Gasteiger partial charge >= 0.3 is 5.51 Å². The first kappa shape index (κ1) is 42.5. The second-order valence-corrected chi connectivity index (χ2v) is 17.4. The molecule has 0 aliphatic carbocycles. The summed E-state index contributed by atoms with van der Waals surface area (Å²) in [6, 6.07) is 30.7. The molecule has 0 aromatic heterocycles. The summed E-state index contributed by atoms with van der Waals surface area (Å²) in [7, 11) is -10.9. The van der Waals surface area contributed by atoms with Crippen molar-refractivity contribution in [3.63, 3.8) is 0 Å². The number of sulfone groups is 1. The van der Waals surface area contributed by atoms with Crippen LogP contribution in [0, 0.1) is 5.92 Å². The van der Waals surface area contributed by atoms with Crippen LogP contribution in [0.15, 0.2) is 125 Å². The lowest BCUT2D eigenvalue weighted by atomic mass is 10.00. The number of sulfonamides is 1. The molecule has 0 saturated carbocycles. The largest absolute Gasteiger partial charge is 0.501 e. The molecule has 0 unspecified atom stereocenters. The maximum Gasteiger partial charge on any atom is 0.501 e. The summed E-state index contributed by atoms with van der Waals surface area (Å²) in [5.41, 5.74) is -2.63. The Bertz CT molecular complexity index is 2430. The third-order valence-corrected chi connectivity index (χ3v) is 12.4. The van der Waals surface area contributed by atoms with Gasteiger partial charge in [0.15, 0.2) is 0 Å². The van der Waals surface area contributed by atoms with Gasteiger partial charge in [-0.25, -0.2) is 21.6 Å². The summed E-state index contributed by atoms with van der Waals surface area (Å²) in [6.45, 7) is 2.62. The van der Waals surface area contributed by atoms with Crippen LogP contribution in [0.25, 0.3) is 11.1 Å². The monoisotopic (exact) mass is 856 g/mol. The number of rotatable bonds is 16. The molecule has 4 N–H and O–H groups in total. The molecule has 1 aliphatic heterocycles. The number of ether oxygens (including phenoxy) is 2. The molecule has 306 valence electrons. The van der Waals surface area contributed by atoms with Crippen molar-refractivity contribution in [1.29, 1.82) is 0 Å². The summed E-state index contributed by atoms with van der Waals surface area (Å²) >= 11 is 6.07. The van der Waals surface area contributed by atoms with Crippen molar-refractivity contribution in [3.8, 4) is 22.6 Å². The van der Waals surface area contributed by atoms with Crippen LogP contribution in [0.2, 0.25) is 5.02 Å². The van der Waals surface area contributed by atoms with Crippen LogP contribution in [0.4, 0.5) is 24.5 Å². The Balaban J connectivity index is 1.17. The molecule has 0 atom stereocenters. The van der Waals surface area contributed by atoms with E-state index < -0.39 is 46.8 Å². The number of para-hydroxylation sites is 1. The molecule has 17 heteroatoms. The first-order valence-electron chi connectivity index (χ1n) is 18.2. The van der Waals surface area contributed by atoms with E-state index in [2.05, 4.69) is 16.0 Å². The maximum atomic E-state index is 13.8. The van der Waals surface area contributed by atoms with Crippen molar-refractivity contribution in [3.05, 3.63) is 131 Å². The quantitative estimate of drug-likeness (QED) is 0.0715. The van der Waals surface area contributed by atoms with Crippen molar-refractivity contribution in [1.82, 2.24) is 10.0 Å². The predicted molar refractivity (Wildman–Crippen MR) is 216 cm³/mol. The van der Waals surface area contributed by atoms with E-state index in [1.807, 2.05) is 53.3 Å². The molecule has 1 saturated heterocycles. The Kier molecular flexibility index (Phi) is 13.6. The highest BCUT2D eigenvalue weighted by molar-refractivity contribution is 7.92. The minimum absolute atomic E-state index is 0.00193. The van der Waals surface area contributed by atoms with Gasteiger partial charge in [0.2, 0.25) is 0 Å². The lowest BCUT2D eigenvalue weighted by Crippen LogP contribution is -2.31. The van der Waals surface area contributed by atoms with E-state index in [-0.39, 0.29) is 23.8 Å². The number of hydrogen-bond donors (Lipinski definition) is 4. The molecular weight excluding hydrogens is 817 g/mol. The zero-order valence-electron chi connectivity index (χ0n) is 30.9. The van der Waals surface area contributed by atoms with E-state index in [4.69, 9.17) is 21.1 Å². The molecule has 58 heavy (non-hydrogen) atoms. The number of anilines is 2. The van der Waals surface area contributed by atoms with Crippen LogP contribution < -0.4 is 25.4 Å². The van der Waals surface area contributed by atoms with Gasteiger partial charge in [-0.05, 0) is 90.0 Å². The minimum atomic E-state index is -6.01. The second-order valence-electron chi connectivity index (χ2n) is 13.4. The van der Waals surface area contributed by atoms with Gasteiger partial charge < -0.3 is 25.4 Å². The molecule has 0 radical (unpaired) electrons. The summed E-state index contributed by atoms with van der Waals surface area (Å²) in [6.07, 6.45) is 1.22. The van der Waals surface area contributed by atoms with E-state index >= 15 is 0 Å². The Hall–Kier alpha value is -5.13. The van der Waals surface area contributed by atoms with Gasteiger partial charge in [0.25, 0.3) is 25.8 Å². The smallest absolute Gasteiger partial charge is 0.456 e. The van der Waals surface area contributed by atoms with Gasteiger partial charge in [-0.1, -0.05) is 66.2 Å². The molecule has 1 fully saturated rings. The van der Waals surface area contributed by atoms with Crippen LogP contribution in [0.5, 0.6) is 11.5 Å². The van der Waals surface area contributed by atoms with E-state index in [1.54, 1.807) is 36.4 Å². The van der Waals surface area contributed by atoms with Gasteiger partial charge in [-0.3, -0.25) is 4.79 Å². The summed E-state index contributed by atoms with van der Waals surface area (Å²) < 4.78 is 107. The van der Waals surface area contributed by atoms with Gasteiger partial charge in [-0.2, -0.15) is 13.2 Å². The highest BCUT2D eigenvalue weighted by atomic mass is 35.5. The molecule has 11 nitrogen and oxygen atoms in total. The highest BCUT2D eigenvalue weighted by Gasteiger charge is 2.48. The van der Waals surface area contributed by atoms with Crippen molar-refractivity contribution in [2.45, 2.75) is 34.7 Å². The van der Waals surface area contributed by atoms with Crippen LogP contribution in [-0.4, -0.2) is 61.1 Å². The number of benzene rings is 5. The van der Waals surface area contributed by atoms with Gasteiger partial charge in [0.1, 0.15) is 16.4 Å². The van der Waals surface area contributed by atoms with E-state index in [0.717, 1.165) is 28.8 Å². The number of alkyl halides is 3. The Morgan fingerprint density at radius 1 is 0.810 bits per heavy atom. The Morgan fingerprint density at radius 2 is 1.52 bits per heavy atom. The lowest BCUT2D eigenvalue weighted by Gasteiger charge is -2.23. The Labute approximate surface area is 339 Å². The molecule has 6 rings (SSSR count). The highest BCUT2D eigenvalue weighted by Crippen LogP contribution is 2.37. The molecule has 0 bridgehead atoms. The summed E-state index contributed by atoms with van der Waals surface area (Å²) in [5, 5.41) is 10.0. The molecular formula is C41H40ClF3N4O7S2. The van der Waals surface area contributed by atoms with E-state index in [1.165, 1.54) is 12.1 Å². The fourth-order valence-electron chi connectivity index (χ4n) is 6.23. The van der Waals surface area contributed by atoms with E-state index in [0.29, 0.717) is 68.2 Å².